The Morgan fingerprint density at radius 3 is 1.80 bits per heavy atom. The number of hydrogen-bond acceptors (Lipinski definition) is 3. The summed E-state index contributed by atoms with van der Waals surface area (Å²) < 4.78 is 107. The van der Waals surface area contributed by atoms with E-state index in [2.05, 4.69) is 21.6 Å². The van der Waals surface area contributed by atoms with Gasteiger partial charge in [-0.3, -0.25) is 0 Å². The fraction of sp³-hybridized carbons (Fsp3) is 0.176. The monoisotopic (exact) mass is 644 g/mol. The SMILES string of the molecule is CCCCCc1cnc(-c2cc(F)c(C(F)(F)Oc3ccc(-c4ccc(-c5cc(F)c(Cl)c(F)c5)c(F)c4)cc3)c(F)c2)nc1. The summed E-state index contributed by atoms with van der Waals surface area (Å²) in [6.45, 7) is 2.07. The van der Waals surface area contributed by atoms with Crippen molar-refractivity contribution in [2.45, 2.75) is 38.7 Å². The minimum absolute atomic E-state index is 0.0182. The first-order chi connectivity index (χ1) is 21.5. The number of ether oxygens (including phenoxy) is 1. The number of aryl methyl sites for hydroxylation is 1. The topological polar surface area (TPSA) is 35.0 Å². The molecule has 11 heteroatoms. The Morgan fingerprint density at radius 2 is 1.22 bits per heavy atom. The molecule has 4 aromatic carbocycles. The maximum Gasteiger partial charge on any atom is 0.432 e. The molecule has 0 fully saturated rings. The lowest BCUT2D eigenvalue weighted by Gasteiger charge is -2.20. The van der Waals surface area contributed by atoms with Gasteiger partial charge in [-0.1, -0.05) is 55.6 Å². The highest BCUT2D eigenvalue weighted by atomic mass is 35.5. The van der Waals surface area contributed by atoms with Crippen LogP contribution < -0.4 is 4.74 Å². The van der Waals surface area contributed by atoms with E-state index in [4.69, 9.17) is 11.6 Å². The Morgan fingerprint density at radius 1 is 0.667 bits per heavy atom. The first kappa shape index (κ1) is 32.0. The van der Waals surface area contributed by atoms with Gasteiger partial charge in [0.1, 0.15) is 45.4 Å². The van der Waals surface area contributed by atoms with Crippen molar-refractivity contribution in [2.75, 3.05) is 0 Å². The number of hydrogen-bond donors (Lipinski definition) is 0. The standard InChI is InChI=1S/C34H24ClF7N2O/c1-2-3-4-5-19-17-43-33(44-18-19)23-15-27(37)31(28(38)16-23)34(41,42)45-24-9-6-20(7-10-24)21-8-11-25(26(36)12-21)22-13-29(39)32(35)30(40)14-22/h6-18H,2-5H2,1H3. The highest BCUT2D eigenvalue weighted by molar-refractivity contribution is 6.31. The molecular weight excluding hydrogens is 621 g/mol. The molecule has 0 aliphatic carbocycles. The van der Waals surface area contributed by atoms with Gasteiger partial charge in [0.2, 0.25) is 0 Å². The van der Waals surface area contributed by atoms with Gasteiger partial charge >= 0.3 is 6.11 Å². The van der Waals surface area contributed by atoms with Gasteiger partial charge in [0, 0.05) is 23.5 Å². The van der Waals surface area contributed by atoms with E-state index >= 15 is 8.78 Å². The molecule has 3 nitrogen and oxygen atoms in total. The highest BCUT2D eigenvalue weighted by Crippen LogP contribution is 2.38. The van der Waals surface area contributed by atoms with Crippen molar-refractivity contribution >= 4 is 11.6 Å². The predicted molar refractivity (Wildman–Crippen MR) is 157 cm³/mol. The van der Waals surface area contributed by atoms with Crippen molar-refractivity contribution in [1.29, 1.82) is 0 Å². The highest BCUT2D eigenvalue weighted by Gasteiger charge is 2.41. The van der Waals surface area contributed by atoms with Gasteiger partial charge in [0.15, 0.2) is 5.82 Å². The number of alkyl halides is 2. The van der Waals surface area contributed by atoms with Crippen molar-refractivity contribution in [3.05, 3.63) is 124 Å². The lowest BCUT2D eigenvalue weighted by atomic mass is 9.99. The largest absolute Gasteiger partial charge is 0.432 e. The van der Waals surface area contributed by atoms with E-state index in [9.17, 15) is 22.0 Å². The molecule has 0 spiro atoms. The van der Waals surface area contributed by atoms with Gasteiger partial charge in [-0.2, -0.15) is 8.78 Å². The van der Waals surface area contributed by atoms with Crippen molar-refractivity contribution in [2.24, 2.45) is 0 Å². The van der Waals surface area contributed by atoms with Crippen molar-refractivity contribution in [1.82, 2.24) is 9.97 Å². The number of benzene rings is 4. The molecule has 1 heterocycles. The van der Waals surface area contributed by atoms with E-state index in [-0.39, 0.29) is 22.5 Å². The van der Waals surface area contributed by atoms with Crippen molar-refractivity contribution < 1.29 is 35.5 Å². The van der Waals surface area contributed by atoms with E-state index in [0.29, 0.717) is 11.1 Å². The van der Waals surface area contributed by atoms with Crippen LogP contribution in [0.1, 0.15) is 37.3 Å². The molecule has 5 rings (SSSR count). The summed E-state index contributed by atoms with van der Waals surface area (Å²) in [5.41, 5.74) is -0.313. The molecule has 232 valence electrons. The van der Waals surface area contributed by atoms with Crippen LogP contribution in [-0.4, -0.2) is 9.97 Å². The second kappa shape index (κ2) is 13.3. The molecule has 0 amide bonds. The molecule has 0 saturated heterocycles. The van der Waals surface area contributed by atoms with Gasteiger partial charge in [-0.25, -0.2) is 31.9 Å². The number of halogens is 8. The average Bonchev–Trinajstić information content (AvgIpc) is 2.99. The van der Waals surface area contributed by atoms with Crippen LogP contribution in [0.2, 0.25) is 5.02 Å². The van der Waals surface area contributed by atoms with E-state index < -0.39 is 51.5 Å². The summed E-state index contributed by atoms with van der Waals surface area (Å²) in [6, 6.07) is 12.0. The summed E-state index contributed by atoms with van der Waals surface area (Å²) >= 11 is 5.49. The second-order valence-corrected chi connectivity index (χ2v) is 10.7. The molecular formula is C34H24ClF7N2O. The van der Waals surface area contributed by atoms with E-state index in [1.54, 1.807) is 0 Å². The first-order valence-corrected chi connectivity index (χ1v) is 14.3. The predicted octanol–water partition coefficient (Wildman–Crippen LogP) is 10.7. The third kappa shape index (κ3) is 7.12. The minimum Gasteiger partial charge on any atom is -0.429 e. The van der Waals surface area contributed by atoms with E-state index in [0.717, 1.165) is 73.7 Å². The third-order valence-electron chi connectivity index (χ3n) is 7.06. The molecule has 45 heavy (non-hydrogen) atoms. The van der Waals surface area contributed by atoms with Crippen molar-refractivity contribution in [3.8, 4) is 39.4 Å². The normalized spacial score (nSPS) is 11.6. The van der Waals surface area contributed by atoms with Crippen LogP contribution in [0, 0.1) is 29.1 Å². The lowest BCUT2D eigenvalue weighted by Crippen LogP contribution is -2.25. The van der Waals surface area contributed by atoms with E-state index in [1.807, 2.05) is 0 Å². The number of nitrogens with zero attached hydrogens (tertiary/aromatic N) is 2. The fourth-order valence-corrected chi connectivity index (χ4v) is 4.86. The van der Waals surface area contributed by atoms with Gasteiger partial charge in [0.05, 0.1) is 0 Å². The van der Waals surface area contributed by atoms with Crippen LogP contribution in [0.5, 0.6) is 5.75 Å². The molecule has 1 aromatic heterocycles. The summed E-state index contributed by atoms with van der Waals surface area (Å²) in [5.74, 6) is -6.42. The average molecular weight is 645 g/mol. The maximum absolute atomic E-state index is 15.0. The Hall–Kier alpha value is -4.44. The molecule has 5 aromatic rings. The van der Waals surface area contributed by atoms with Crippen molar-refractivity contribution in [3.63, 3.8) is 0 Å². The van der Waals surface area contributed by atoms with Crippen LogP contribution in [0.15, 0.2) is 79.1 Å². The quantitative estimate of drug-likeness (QED) is 0.0862. The van der Waals surface area contributed by atoms with Gasteiger partial charge in [-0.05, 0) is 77.6 Å². The smallest absolute Gasteiger partial charge is 0.429 e. The molecule has 0 atom stereocenters. The Labute approximate surface area is 259 Å². The molecule has 0 saturated carbocycles. The summed E-state index contributed by atoms with van der Waals surface area (Å²) in [5, 5.41) is -0.709. The zero-order valence-electron chi connectivity index (χ0n) is 23.7. The fourth-order valence-electron chi connectivity index (χ4n) is 4.75. The van der Waals surface area contributed by atoms with Crippen LogP contribution in [0.3, 0.4) is 0 Å². The Balaban J connectivity index is 1.31. The molecule has 0 unspecified atom stereocenters. The van der Waals surface area contributed by atoms with Gasteiger partial charge in [-0.15, -0.1) is 0 Å². The molecule has 0 aliphatic rings. The first-order valence-electron chi connectivity index (χ1n) is 13.9. The number of rotatable bonds is 10. The Kier molecular flexibility index (Phi) is 9.43. The zero-order valence-corrected chi connectivity index (χ0v) is 24.4. The zero-order chi connectivity index (χ0) is 32.3. The number of unbranched alkanes of at least 4 members (excludes halogenated alkanes) is 2. The second-order valence-electron chi connectivity index (χ2n) is 10.3. The third-order valence-corrected chi connectivity index (χ3v) is 7.42. The summed E-state index contributed by atoms with van der Waals surface area (Å²) in [4.78, 5) is 8.23. The molecule has 0 radical (unpaired) electrons. The molecule has 0 bridgehead atoms. The number of aromatic nitrogens is 2. The summed E-state index contributed by atoms with van der Waals surface area (Å²) in [6.07, 6.45) is 2.45. The van der Waals surface area contributed by atoms with Crippen LogP contribution >= 0.6 is 11.6 Å². The lowest BCUT2D eigenvalue weighted by molar-refractivity contribution is -0.189. The van der Waals surface area contributed by atoms with Crippen LogP contribution in [-0.2, 0) is 12.5 Å². The Bertz CT molecular complexity index is 1780. The maximum atomic E-state index is 15.0. The molecule has 0 N–H and O–H groups in total. The van der Waals surface area contributed by atoms with Gasteiger partial charge < -0.3 is 4.74 Å². The summed E-state index contributed by atoms with van der Waals surface area (Å²) in [7, 11) is 0. The molecule has 0 aliphatic heterocycles. The van der Waals surface area contributed by atoms with Gasteiger partial charge in [0.25, 0.3) is 0 Å². The van der Waals surface area contributed by atoms with E-state index in [1.165, 1.54) is 36.7 Å². The minimum atomic E-state index is -4.39. The van der Waals surface area contributed by atoms with Crippen LogP contribution in [0.4, 0.5) is 30.7 Å². The van der Waals surface area contributed by atoms with Crippen LogP contribution in [0.25, 0.3) is 33.6 Å².